The Morgan fingerprint density at radius 1 is 1.14 bits per heavy atom. The zero-order chi connectivity index (χ0) is 24.2. The number of aromatic amines is 1. The van der Waals surface area contributed by atoms with Crippen LogP contribution in [0.3, 0.4) is 0 Å². The molecule has 35 heavy (non-hydrogen) atoms. The molecular formula is C26H30N4O4S. The predicted molar refractivity (Wildman–Crippen MR) is 139 cm³/mol. The van der Waals surface area contributed by atoms with Crippen molar-refractivity contribution >= 4 is 28.2 Å². The summed E-state index contributed by atoms with van der Waals surface area (Å²) < 4.78 is 16.4. The van der Waals surface area contributed by atoms with E-state index in [1.54, 1.807) is 0 Å². The number of nitrogens with one attached hydrogen (secondary N) is 2. The van der Waals surface area contributed by atoms with Gasteiger partial charge in [-0.15, -0.1) is 0 Å². The molecule has 0 bridgehead atoms. The zero-order valence-electron chi connectivity index (χ0n) is 19.8. The summed E-state index contributed by atoms with van der Waals surface area (Å²) in [6, 6.07) is 15.9. The molecule has 0 saturated carbocycles. The van der Waals surface area contributed by atoms with Crippen LogP contribution in [0.4, 0.5) is 0 Å². The van der Waals surface area contributed by atoms with E-state index in [-0.39, 0.29) is 18.4 Å². The molecule has 184 valence electrons. The van der Waals surface area contributed by atoms with E-state index in [4.69, 9.17) is 26.4 Å². The molecule has 1 saturated heterocycles. The summed E-state index contributed by atoms with van der Waals surface area (Å²) >= 11 is 5.84. The quantitative estimate of drug-likeness (QED) is 0.486. The molecule has 1 aromatic heterocycles. The lowest BCUT2D eigenvalue weighted by molar-refractivity contribution is 0.0357. The van der Waals surface area contributed by atoms with Gasteiger partial charge in [-0.2, -0.15) is 0 Å². The minimum absolute atomic E-state index is 0.0456. The average Bonchev–Trinajstić information content (AvgIpc) is 3.33. The largest absolute Gasteiger partial charge is 0.454 e. The molecule has 2 aromatic carbocycles. The monoisotopic (exact) mass is 494 g/mol. The van der Waals surface area contributed by atoms with Crippen molar-refractivity contribution in [3.63, 3.8) is 0 Å². The van der Waals surface area contributed by atoms with E-state index in [2.05, 4.69) is 39.2 Å². The van der Waals surface area contributed by atoms with Gasteiger partial charge in [0.15, 0.2) is 16.6 Å². The van der Waals surface area contributed by atoms with Crippen molar-refractivity contribution in [3.8, 4) is 11.5 Å². The number of pyridine rings is 1. The van der Waals surface area contributed by atoms with Crippen LogP contribution in [0.25, 0.3) is 10.9 Å². The third-order valence-electron chi connectivity index (χ3n) is 6.49. The topological polar surface area (TPSA) is 79.1 Å². The number of thiocarbonyl (C=S) groups is 1. The molecule has 1 unspecified atom stereocenters. The van der Waals surface area contributed by atoms with Gasteiger partial charge in [-0.05, 0) is 36.8 Å². The molecular weight excluding hydrogens is 464 g/mol. The van der Waals surface area contributed by atoms with Gasteiger partial charge in [0, 0.05) is 43.2 Å². The second kappa shape index (κ2) is 10.6. The van der Waals surface area contributed by atoms with Crippen LogP contribution in [0.5, 0.6) is 11.5 Å². The first-order valence-corrected chi connectivity index (χ1v) is 12.3. The molecule has 3 aromatic rings. The Balaban J connectivity index is 1.36. The lowest BCUT2D eigenvalue weighted by atomic mass is 10.1. The van der Waals surface area contributed by atoms with E-state index in [1.165, 1.54) is 0 Å². The molecule has 2 N–H and O–H groups in total. The van der Waals surface area contributed by atoms with Crippen molar-refractivity contribution in [1.29, 1.82) is 0 Å². The van der Waals surface area contributed by atoms with Gasteiger partial charge < -0.3 is 29.4 Å². The summed E-state index contributed by atoms with van der Waals surface area (Å²) in [5, 5.41) is 4.98. The number of ether oxygens (including phenoxy) is 3. The number of hydrogen-bond acceptors (Lipinski definition) is 6. The Morgan fingerprint density at radius 2 is 1.89 bits per heavy atom. The van der Waals surface area contributed by atoms with Crippen molar-refractivity contribution in [1.82, 2.24) is 20.1 Å². The summed E-state index contributed by atoms with van der Waals surface area (Å²) in [6.07, 6.45) is 0. The van der Waals surface area contributed by atoms with E-state index in [1.807, 2.05) is 36.4 Å². The fourth-order valence-electron chi connectivity index (χ4n) is 4.41. The van der Waals surface area contributed by atoms with Crippen molar-refractivity contribution in [2.24, 2.45) is 0 Å². The minimum atomic E-state index is -0.133. The van der Waals surface area contributed by atoms with E-state index in [9.17, 15) is 4.79 Å². The van der Waals surface area contributed by atoms with Crippen molar-refractivity contribution in [2.45, 2.75) is 19.5 Å². The molecule has 1 atom stereocenters. The summed E-state index contributed by atoms with van der Waals surface area (Å²) in [4.78, 5) is 20.4. The van der Waals surface area contributed by atoms with Crippen molar-refractivity contribution < 1.29 is 14.2 Å². The van der Waals surface area contributed by atoms with E-state index in [0.717, 1.165) is 49.3 Å². The van der Waals surface area contributed by atoms with Gasteiger partial charge in [-0.3, -0.25) is 9.69 Å². The first-order chi connectivity index (χ1) is 17.1. The molecule has 5 rings (SSSR count). The Bertz CT molecular complexity index is 1240. The van der Waals surface area contributed by atoms with Crippen LogP contribution in [0.1, 0.15) is 24.1 Å². The molecule has 1 fully saturated rings. The number of aromatic nitrogens is 1. The number of hydrogen-bond donors (Lipinski definition) is 2. The fraction of sp³-hybridized carbons (Fsp3) is 0.385. The number of benzene rings is 2. The van der Waals surface area contributed by atoms with Crippen LogP contribution in [-0.4, -0.2) is 66.1 Å². The molecule has 3 heterocycles. The van der Waals surface area contributed by atoms with E-state index >= 15 is 0 Å². The average molecular weight is 495 g/mol. The van der Waals surface area contributed by atoms with Crippen molar-refractivity contribution in [3.05, 3.63) is 70.0 Å². The minimum Gasteiger partial charge on any atom is -0.454 e. The normalized spacial score (nSPS) is 16.3. The first kappa shape index (κ1) is 23.6. The maximum atomic E-state index is 13.0. The summed E-state index contributed by atoms with van der Waals surface area (Å²) in [6.45, 7) is 7.52. The van der Waals surface area contributed by atoms with Gasteiger partial charge in [0.05, 0.1) is 31.3 Å². The maximum absolute atomic E-state index is 13.0. The summed E-state index contributed by atoms with van der Waals surface area (Å²) in [5.74, 6) is 1.34. The van der Waals surface area contributed by atoms with E-state index in [0.29, 0.717) is 35.3 Å². The molecule has 2 aliphatic heterocycles. The highest BCUT2D eigenvalue weighted by atomic mass is 32.1. The standard InChI is InChI=1S/C26H30N4O4S/c1-18(19-5-3-2-4-6-19)27-26(35)30(8-7-29-9-11-32-12-10-29)16-21-13-20-14-23-24(34-17-33-23)15-22(20)28-25(21)31/h2-6,13-15,18H,7-12,16-17H2,1H3,(H,27,35)(H,28,31). The molecule has 0 aliphatic carbocycles. The van der Waals surface area contributed by atoms with Gasteiger partial charge in [0.25, 0.3) is 5.56 Å². The third kappa shape index (κ3) is 5.58. The molecule has 2 aliphatic rings. The third-order valence-corrected chi connectivity index (χ3v) is 6.87. The van der Waals surface area contributed by atoms with Crippen LogP contribution >= 0.6 is 12.2 Å². The SMILES string of the molecule is CC(NC(=S)N(CCN1CCOCC1)Cc1cc2cc3c(cc2[nH]c1=O)OCO3)c1ccccc1. The van der Waals surface area contributed by atoms with Crippen LogP contribution < -0.4 is 20.3 Å². The van der Waals surface area contributed by atoms with Gasteiger partial charge in [-0.25, -0.2) is 0 Å². The smallest absolute Gasteiger partial charge is 0.253 e. The number of morpholine rings is 1. The maximum Gasteiger partial charge on any atom is 0.253 e. The Labute approximate surface area is 209 Å². The zero-order valence-corrected chi connectivity index (χ0v) is 20.6. The highest BCUT2D eigenvalue weighted by molar-refractivity contribution is 7.80. The number of nitrogens with zero attached hydrogens (tertiary/aromatic N) is 2. The second-order valence-electron chi connectivity index (χ2n) is 8.87. The summed E-state index contributed by atoms with van der Waals surface area (Å²) in [7, 11) is 0. The molecule has 0 radical (unpaired) electrons. The van der Waals surface area contributed by atoms with Crippen LogP contribution in [0.15, 0.2) is 53.3 Å². The summed E-state index contributed by atoms with van der Waals surface area (Å²) in [5.41, 5.74) is 2.39. The highest BCUT2D eigenvalue weighted by Gasteiger charge is 2.20. The highest BCUT2D eigenvalue weighted by Crippen LogP contribution is 2.35. The number of fused-ring (bicyclic) bond motifs is 2. The Kier molecular flexibility index (Phi) is 7.17. The van der Waals surface area contributed by atoms with Crippen LogP contribution in [-0.2, 0) is 11.3 Å². The van der Waals surface area contributed by atoms with Crippen molar-refractivity contribution in [2.75, 3.05) is 46.2 Å². The Hall–Kier alpha value is -3.14. The lowest BCUT2D eigenvalue weighted by Gasteiger charge is -2.32. The lowest BCUT2D eigenvalue weighted by Crippen LogP contribution is -2.46. The van der Waals surface area contributed by atoms with Crippen LogP contribution in [0.2, 0.25) is 0 Å². The molecule has 8 nitrogen and oxygen atoms in total. The van der Waals surface area contributed by atoms with E-state index < -0.39 is 0 Å². The second-order valence-corrected chi connectivity index (χ2v) is 9.26. The Morgan fingerprint density at radius 3 is 2.66 bits per heavy atom. The predicted octanol–water partition coefficient (Wildman–Crippen LogP) is 3.03. The number of rotatable bonds is 7. The van der Waals surface area contributed by atoms with Gasteiger partial charge >= 0.3 is 0 Å². The molecule has 0 spiro atoms. The van der Waals surface area contributed by atoms with Gasteiger partial charge in [-0.1, -0.05) is 30.3 Å². The molecule has 0 amide bonds. The number of H-pyrrole nitrogens is 1. The fourth-order valence-corrected chi connectivity index (χ4v) is 4.74. The van der Waals surface area contributed by atoms with Gasteiger partial charge in [0.2, 0.25) is 6.79 Å². The van der Waals surface area contributed by atoms with Crippen LogP contribution in [0, 0.1) is 0 Å². The molecule has 9 heteroatoms. The first-order valence-electron chi connectivity index (χ1n) is 11.9. The van der Waals surface area contributed by atoms with Gasteiger partial charge in [0.1, 0.15) is 0 Å².